The van der Waals surface area contributed by atoms with Gasteiger partial charge in [0.25, 0.3) is 0 Å². The molecule has 0 rings (SSSR count). The van der Waals surface area contributed by atoms with Gasteiger partial charge in [0, 0.05) is 20.3 Å². The molecule has 6 nitrogen and oxygen atoms in total. The van der Waals surface area contributed by atoms with E-state index in [0.717, 1.165) is 0 Å². The van der Waals surface area contributed by atoms with E-state index in [9.17, 15) is 14.4 Å². The largest absolute Gasteiger partial charge is 0.462 e. The molecule has 0 bridgehead atoms. The van der Waals surface area contributed by atoms with Gasteiger partial charge in [-0.25, -0.2) is 0 Å². The van der Waals surface area contributed by atoms with Crippen molar-refractivity contribution in [1.29, 1.82) is 0 Å². The quantitative estimate of drug-likeness (QED) is 0.536. The molecule has 0 heterocycles. The van der Waals surface area contributed by atoms with Crippen molar-refractivity contribution < 1.29 is 28.6 Å². The number of rotatable bonds is 6. The lowest BCUT2D eigenvalue weighted by Crippen LogP contribution is -2.29. The molecule has 0 spiro atoms. The first kappa shape index (κ1) is 21.7. The fourth-order valence-corrected chi connectivity index (χ4v) is 0.849. The topological polar surface area (TPSA) is 78.9 Å². The smallest absolute Gasteiger partial charge is 0.305 e. The molecule has 0 N–H and O–H groups in total. The average Bonchev–Trinajstić information content (AvgIpc) is 2.20. The maximum atomic E-state index is 10.9. The Morgan fingerprint density at radius 1 is 0.944 bits per heavy atom. The summed E-state index contributed by atoms with van der Waals surface area (Å²) in [5.74, 6) is -1.41. The summed E-state index contributed by atoms with van der Waals surface area (Å²) < 4.78 is 14.2. The SMILES string of the molecule is C.C.CCC(=O)OCC(COC(C)=O)OC(C)=O. The van der Waals surface area contributed by atoms with E-state index < -0.39 is 24.0 Å². The molecule has 1 unspecified atom stereocenters. The van der Waals surface area contributed by atoms with Gasteiger partial charge in [-0.1, -0.05) is 21.8 Å². The van der Waals surface area contributed by atoms with Gasteiger partial charge in [0.2, 0.25) is 0 Å². The Morgan fingerprint density at radius 2 is 1.44 bits per heavy atom. The van der Waals surface area contributed by atoms with Crippen molar-refractivity contribution in [1.82, 2.24) is 0 Å². The number of ether oxygens (including phenoxy) is 3. The van der Waals surface area contributed by atoms with E-state index >= 15 is 0 Å². The monoisotopic (exact) mass is 264 g/mol. The second kappa shape index (κ2) is 11.9. The van der Waals surface area contributed by atoms with Crippen LogP contribution in [0.2, 0.25) is 0 Å². The van der Waals surface area contributed by atoms with E-state index in [1.54, 1.807) is 6.92 Å². The molecule has 0 aromatic rings. The standard InChI is InChI=1S/C10H16O6.2CH4/c1-4-10(13)15-6-9(16-8(3)12)5-14-7(2)11;;/h9H,4-6H2,1-3H3;2*1H4. The summed E-state index contributed by atoms with van der Waals surface area (Å²) in [7, 11) is 0. The predicted octanol–water partition coefficient (Wildman–Crippen LogP) is 1.71. The number of hydrogen-bond acceptors (Lipinski definition) is 6. The summed E-state index contributed by atoms with van der Waals surface area (Å²) in [6.07, 6.45) is -0.516. The van der Waals surface area contributed by atoms with Gasteiger partial charge in [-0.2, -0.15) is 0 Å². The number of hydrogen-bond donors (Lipinski definition) is 0. The first-order valence-electron chi connectivity index (χ1n) is 4.91. The molecule has 0 saturated heterocycles. The molecule has 0 fully saturated rings. The van der Waals surface area contributed by atoms with Gasteiger partial charge in [0.15, 0.2) is 6.10 Å². The molecule has 0 aliphatic rings. The highest BCUT2D eigenvalue weighted by atomic mass is 16.6. The van der Waals surface area contributed by atoms with Gasteiger partial charge >= 0.3 is 17.9 Å². The summed E-state index contributed by atoms with van der Waals surface area (Å²) >= 11 is 0. The van der Waals surface area contributed by atoms with Crippen molar-refractivity contribution in [2.75, 3.05) is 13.2 Å². The number of carbonyl (C=O) groups excluding carboxylic acids is 3. The van der Waals surface area contributed by atoms with E-state index in [4.69, 9.17) is 9.47 Å². The zero-order chi connectivity index (χ0) is 12.6. The Hall–Kier alpha value is -1.59. The minimum Gasteiger partial charge on any atom is -0.462 e. The zero-order valence-electron chi connectivity index (χ0n) is 9.65. The van der Waals surface area contributed by atoms with Gasteiger partial charge < -0.3 is 14.2 Å². The molecule has 0 aromatic carbocycles. The van der Waals surface area contributed by atoms with E-state index in [1.807, 2.05) is 0 Å². The second-order valence-corrected chi connectivity index (χ2v) is 3.07. The first-order valence-corrected chi connectivity index (χ1v) is 4.91. The molecule has 18 heavy (non-hydrogen) atoms. The van der Waals surface area contributed by atoms with Crippen LogP contribution in [-0.2, 0) is 28.6 Å². The van der Waals surface area contributed by atoms with Crippen LogP contribution in [0.5, 0.6) is 0 Å². The van der Waals surface area contributed by atoms with Gasteiger partial charge in [-0.05, 0) is 0 Å². The minimum absolute atomic E-state index is 0. The van der Waals surface area contributed by atoms with Crippen LogP contribution in [0.25, 0.3) is 0 Å². The second-order valence-electron chi connectivity index (χ2n) is 3.07. The van der Waals surface area contributed by atoms with Crippen molar-refractivity contribution in [3.05, 3.63) is 0 Å². The molecule has 6 heteroatoms. The summed E-state index contributed by atoms with van der Waals surface area (Å²) in [5.41, 5.74) is 0. The van der Waals surface area contributed by atoms with E-state index in [2.05, 4.69) is 4.74 Å². The van der Waals surface area contributed by atoms with Crippen LogP contribution < -0.4 is 0 Å². The van der Waals surface area contributed by atoms with Crippen molar-refractivity contribution in [3.8, 4) is 0 Å². The summed E-state index contributed by atoms with van der Waals surface area (Å²) in [6, 6.07) is 0. The fourth-order valence-electron chi connectivity index (χ4n) is 0.849. The highest BCUT2D eigenvalue weighted by Crippen LogP contribution is 1.98. The van der Waals surface area contributed by atoms with Crippen LogP contribution in [0.1, 0.15) is 42.0 Å². The molecule has 0 radical (unpaired) electrons. The summed E-state index contributed by atoms with van der Waals surface area (Å²) in [5, 5.41) is 0. The van der Waals surface area contributed by atoms with E-state index in [-0.39, 0.29) is 34.5 Å². The average molecular weight is 264 g/mol. The third-order valence-electron chi connectivity index (χ3n) is 1.52. The normalized spacial score (nSPS) is 10.2. The van der Waals surface area contributed by atoms with Gasteiger partial charge in [-0.15, -0.1) is 0 Å². The molecule has 0 aliphatic heterocycles. The van der Waals surface area contributed by atoms with Crippen LogP contribution >= 0.6 is 0 Å². The Labute approximate surface area is 109 Å². The Morgan fingerprint density at radius 3 is 1.83 bits per heavy atom. The first-order chi connectivity index (χ1) is 7.45. The molecule has 1 atom stereocenters. The highest BCUT2D eigenvalue weighted by Gasteiger charge is 2.16. The highest BCUT2D eigenvalue weighted by molar-refractivity contribution is 5.69. The van der Waals surface area contributed by atoms with Crippen molar-refractivity contribution >= 4 is 17.9 Å². The molecule has 108 valence electrons. The predicted molar refractivity (Wildman–Crippen MR) is 66.9 cm³/mol. The molecule has 0 saturated carbocycles. The van der Waals surface area contributed by atoms with Gasteiger partial charge in [0.1, 0.15) is 13.2 Å². The zero-order valence-corrected chi connectivity index (χ0v) is 9.65. The lowest BCUT2D eigenvalue weighted by molar-refractivity contribution is -0.164. The van der Waals surface area contributed by atoms with Crippen LogP contribution in [-0.4, -0.2) is 37.2 Å². The Kier molecular flexibility index (Phi) is 14.3. The number of carbonyl (C=O) groups is 3. The lowest BCUT2D eigenvalue weighted by Gasteiger charge is -2.16. The van der Waals surface area contributed by atoms with Crippen molar-refractivity contribution in [2.24, 2.45) is 0 Å². The molecule has 0 amide bonds. The van der Waals surface area contributed by atoms with E-state index in [1.165, 1.54) is 13.8 Å². The van der Waals surface area contributed by atoms with E-state index in [0.29, 0.717) is 0 Å². The minimum atomic E-state index is -0.753. The fraction of sp³-hybridized carbons (Fsp3) is 0.750. The third kappa shape index (κ3) is 12.5. The maximum Gasteiger partial charge on any atom is 0.305 e. The van der Waals surface area contributed by atoms with Gasteiger partial charge in [-0.3, -0.25) is 14.4 Å². The van der Waals surface area contributed by atoms with Crippen LogP contribution in [0.4, 0.5) is 0 Å². The maximum absolute atomic E-state index is 10.9. The molecule has 0 aliphatic carbocycles. The summed E-state index contributed by atoms with van der Waals surface area (Å²) in [4.78, 5) is 32.1. The Balaban J connectivity index is -0.00000112. The van der Waals surface area contributed by atoms with Crippen molar-refractivity contribution in [2.45, 2.75) is 48.1 Å². The number of esters is 3. The Bertz CT molecular complexity index is 261. The molecule has 0 aromatic heterocycles. The van der Waals surface area contributed by atoms with Gasteiger partial charge in [0.05, 0.1) is 0 Å². The molecular weight excluding hydrogens is 240 g/mol. The van der Waals surface area contributed by atoms with Crippen LogP contribution in [0.3, 0.4) is 0 Å². The van der Waals surface area contributed by atoms with Crippen LogP contribution in [0, 0.1) is 0 Å². The lowest BCUT2D eigenvalue weighted by atomic mass is 10.4. The molecular formula is C12H24O6. The van der Waals surface area contributed by atoms with Crippen LogP contribution in [0.15, 0.2) is 0 Å². The summed E-state index contributed by atoms with van der Waals surface area (Å²) in [6.45, 7) is 3.88. The van der Waals surface area contributed by atoms with Crippen molar-refractivity contribution in [3.63, 3.8) is 0 Å². The third-order valence-corrected chi connectivity index (χ3v) is 1.52.